The largest absolute Gasteiger partial charge is 0.322 e. The first kappa shape index (κ1) is 17.8. The number of nitrogens with zero attached hydrogens (tertiary/aromatic N) is 1. The van der Waals surface area contributed by atoms with Crippen LogP contribution in [0.1, 0.15) is 11.1 Å². The Morgan fingerprint density at radius 1 is 1.15 bits per heavy atom. The van der Waals surface area contributed by atoms with Gasteiger partial charge in [-0.3, -0.25) is 14.9 Å². The van der Waals surface area contributed by atoms with E-state index >= 15 is 0 Å². The lowest BCUT2D eigenvalue weighted by atomic mass is 10.1. The summed E-state index contributed by atoms with van der Waals surface area (Å²) in [6, 6.07) is 11.9. The maximum atomic E-state index is 12.4. The third kappa shape index (κ3) is 3.63. The van der Waals surface area contributed by atoms with Crippen LogP contribution in [-0.4, -0.2) is 18.3 Å². The number of H-pyrrole nitrogens is 1. The molecule has 0 aliphatic carbocycles. The summed E-state index contributed by atoms with van der Waals surface area (Å²) in [6.07, 6.45) is 0. The summed E-state index contributed by atoms with van der Waals surface area (Å²) in [6.45, 7) is 1.68. The molecule has 2 aromatic carbocycles. The molecule has 2 N–H and O–H groups in total. The number of aryl methyl sites for hydroxylation is 1. The van der Waals surface area contributed by atoms with E-state index in [9.17, 15) is 23.3 Å². The van der Waals surface area contributed by atoms with Crippen LogP contribution in [0.3, 0.4) is 0 Å². The number of benzene rings is 2. The van der Waals surface area contributed by atoms with Gasteiger partial charge in [0, 0.05) is 29.8 Å². The fourth-order valence-corrected chi connectivity index (χ4v) is 3.57. The van der Waals surface area contributed by atoms with Gasteiger partial charge in [-0.1, -0.05) is 17.7 Å². The molecule has 0 atom stereocenters. The van der Waals surface area contributed by atoms with Crippen molar-refractivity contribution in [3.8, 4) is 0 Å². The molecule has 0 aliphatic rings. The second-order valence-electron chi connectivity index (χ2n) is 5.79. The lowest BCUT2D eigenvalue weighted by Gasteiger charge is -2.08. The number of non-ortho nitro benzene ring substituents is 1. The standard InChI is InChI=1S/C17H15N3O5S/c1-11-5-6-16-12(7-11)8-13(17(21)19-16)10-18-26(24,25)15-4-2-3-14(9-15)20(22)23/h2-9,18H,10H2,1H3,(H,19,21). The van der Waals surface area contributed by atoms with Crippen LogP contribution in [0.2, 0.25) is 0 Å². The zero-order chi connectivity index (χ0) is 18.9. The van der Waals surface area contributed by atoms with Crippen LogP contribution >= 0.6 is 0 Å². The molecule has 0 aliphatic heterocycles. The van der Waals surface area contributed by atoms with E-state index in [1.54, 1.807) is 12.1 Å². The lowest BCUT2D eigenvalue weighted by molar-refractivity contribution is -0.385. The lowest BCUT2D eigenvalue weighted by Crippen LogP contribution is -2.27. The van der Waals surface area contributed by atoms with Crippen molar-refractivity contribution in [2.24, 2.45) is 0 Å². The Kier molecular flexibility index (Phi) is 4.58. The van der Waals surface area contributed by atoms with E-state index in [2.05, 4.69) is 9.71 Å². The van der Waals surface area contributed by atoms with E-state index in [-0.39, 0.29) is 22.7 Å². The first-order valence-electron chi connectivity index (χ1n) is 7.63. The summed E-state index contributed by atoms with van der Waals surface area (Å²) < 4.78 is 27.0. The third-order valence-corrected chi connectivity index (χ3v) is 5.27. The Balaban J connectivity index is 1.89. The van der Waals surface area contributed by atoms with Crippen molar-refractivity contribution in [2.45, 2.75) is 18.4 Å². The van der Waals surface area contributed by atoms with Crippen molar-refractivity contribution < 1.29 is 13.3 Å². The van der Waals surface area contributed by atoms with E-state index in [0.29, 0.717) is 5.52 Å². The number of fused-ring (bicyclic) bond motifs is 1. The highest BCUT2D eigenvalue weighted by molar-refractivity contribution is 7.89. The van der Waals surface area contributed by atoms with Gasteiger partial charge in [-0.15, -0.1) is 0 Å². The van der Waals surface area contributed by atoms with Crippen molar-refractivity contribution in [3.63, 3.8) is 0 Å². The highest BCUT2D eigenvalue weighted by Crippen LogP contribution is 2.18. The zero-order valence-corrected chi connectivity index (χ0v) is 14.5. The SMILES string of the molecule is Cc1ccc2[nH]c(=O)c(CNS(=O)(=O)c3cccc([N+](=O)[O-])c3)cc2c1. The average Bonchev–Trinajstić information content (AvgIpc) is 2.60. The number of sulfonamides is 1. The highest BCUT2D eigenvalue weighted by Gasteiger charge is 2.18. The first-order valence-corrected chi connectivity index (χ1v) is 9.11. The minimum Gasteiger partial charge on any atom is -0.322 e. The molecule has 0 saturated heterocycles. The van der Waals surface area contributed by atoms with E-state index < -0.39 is 20.5 Å². The van der Waals surface area contributed by atoms with Gasteiger partial charge in [-0.05, 0) is 36.6 Å². The number of hydrogen-bond donors (Lipinski definition) is 2. The van der Waals surface area contributed by atoms with Crippen molar-refractivity contribution in [2.75, 3.05) is 0 Å². The van der Waals surface area contributed by atoms with E-state index in [1.165, 1.54) is 18.2 Å². The highest BCUT2D eigenvalue weighted by atomic mass is 32.2. The van der Waals surface area contributed by atoms with Gasteiger partial charge in [0.05, 0.1) is 9.82 Å². The predicted molar refractivity (Wildman–Crippen MR) is 96.4 cm³/mol. The maximum absolute atomic E-state index is 12.4. The van der Waals surface area contributed by atoms with E-state index in [0.717, 1.165) is 17.0 Å². The predicted octanol–water partition coefficient (Wildman–Crippen LogP) is 2.22. The van der Waals surface area contributed by atoms with Crippen molar-refractivity contribution in [1.29, 1.82) is 0 Å². The minimum absolute atomic E-state index is 0.232. The van der Waals surface area contributed by atoms with Gasteiger partial charge in [-0.25, -0.2) is 13.1 Å². The van der Waals surface area contributed by atoms with Crippen molar-refractivity contribution in [3.05, 3.63) is 80.1 Å². The molecule has 1 heterocycles. The molecule has 26 heavy (non-hydrogen) atoms. The molecule has 0 unspecified atom stereocenters. The van der Waals surface area contributed by atoms with Gasteiger partial charge in [-0.2, -0.15) is 0 Å². The van der Waals surface area contributed by atoms with Crippen LogP contribution in [0.25, 0.3) is 10.9 Å². The Morgan fingerprint density at radius 2 is 1.92 bits per heavy atom. The molecule has 0 amide bonds. The first-order chi connectivity index (χ1) is 12.3. The molecule has 0 bridgehead atoms. The van der Waals surface area contributed by atoms with Gasteiger partial charge in [0.25, 0.3) is 11.2 Å². The molecular formula is C17H15N3O5S. The smallest absolute Gasteiger partial charge is 0.270 e. The number of nitrogens with one attached hydrogen (secondary N) is 2. The van der Waals surface area contributed by atoms with Crippen LogP contribution in [-0.2, 0) is 16.6 Å². The van der Waals surface area contributed by atoms with E-state index in [1.807, 2.05) is 19.1 Å². The number of rotatable bonds is 5. The van der Waals surface area contributed by atoms with Gasteiger partial charge >= 0.3 is 0 Å². The van der Waals surface area contributed by atoms with Crippen LogP contribution in [0.5, 0.6) is 0 Å². The van der Waals surface area contributed by atoms with Crippen LogP contribution < -0.4 is 10.3 Å². The summed E-state index contributed by atoms with van der Waals surface area (Å²) in [4.78, 5) is 24.7. The van der Waals surface area contributed by atoms with Crippen LogP contribution in [0, 0.1) is 17.0 Å². The van der Waals surface area contributed by atoms with Gasteiger partial charge in [0.15, 0.2) is 0 Å². The molecule has 0 spiro atoms. The van der Waals surface area contributed by atoms with Gasteiger partial charge < -0.3 is 4.98 Å². The zero-order valence-electron chi connectivity index (χ0n) is 13.7. The number of hydrogen-bond acceptors (Lipinski definition) is 5. The molecule has 9 heteroatoms. The Morgan fingerprint density at radius 3 is 2.65 bits per heavy atom. The Labute approximate surface area is 148 Å². The monoisotopic (exact) mass is 373 g/mol. The number of nitro benzene ring substituents is 1. The molecule has 0 saturated carbocycles. The minimum atomic E-state index is -4.00. The molecule has 3 aromatic rings. The van der Waals surface area contributed by atoms with Gasteiger partial charge in [0.1, 0.15) is 0 Å². The molecular weight excluding hydrogens is 358 g/mol. The molecule has 0 fully saturated rings. The molecule has 1 aromatic heterocycles. The topological polar surface area (TPSA) is 122 Å². The third-order valence-electron chi connectivity index (χ3n) is 3.87. The molecule has 3 rings (SSSR count). The van der Waals surface area contributed by atoms with Crippen LogP contribution in [0.15, 0.2) is 58.2 Å². The molecule has 8 nitrogen and oxygen atoms in total. The normalized spacial score (nSPS) is 11.6. The summed E-state index contributed by atoms with van der Waals surface area (Å²) >= 11 is 0. The Bertz CT molecular complexity index is 1170. The fourth-order valence-electron chi connectivity index (χ4n) is 2.52. The fraction of sp³-hybridized carbons (Fsp3) is 0.118. The van der Waals surface area contributed by atoms with Crippen molar-refractivity contribution >= 4 is 26.6 Å². The van der Waals surface area contributed by atoms with E-state index in [4.69, 9.17) is 0 Å². The molecule has 134 valence electrons. The number of nitro groups is 1. The summed E-state index contributed by atoms with van der Waals surface area (Å²) in [5, 5.41) is 11.6. The number of pyridine rings is 1. The molecule has 0 radical (unpaired) electrons. The Hall–Kier alpha value is -3.04. The second-order valence-corrected chi connectivity index (χ2v) is 7.56. The van der Waals surface area contributed by atoms with Crippen molar-refractivity contribution in [1.82, 2.24) is 9.71 Å². The maximum Gasteiger partial charge on any atom is 0.270 e. The summed E-state index contributed by atoms with van der Waals surface area (Å²) in [5.74, 6) is 0. The van der Waals surface area contributed by atoms with Crippen LogP contribution in [0.4, 0.5) is 5.69 Å². The van der Waals surface area contributed by atoms with Gasteiger partial charge in [0.2, 0.25) is 10.0 Å². The number of aromatic nitrogens is 1. The average molecular weight is 373 g/mol. The second kappa shape index (κ2) is 6.70. The summed E-state index contributed by atoms with van der Waals surface area (Å²) in [5.41, 5.74) is 1.19. The number of aromatic amines is 1. The quantitative estimate of drug-likeness (QED) is 0.524. The summed E-state index contributed by atoms with van der Waals surface area (Å²) in [7, 11) is -4.00.